The van der Waals surface area contributed by atoms with E-state index in [1.165, 1.54) is 11.8 Å². The molecule has 2 atom stereocenters. The number of amidine groups is 1. The van der Waals surface area contributed by atoms with E-state index in [0.717, 1.165) is 14.8 Å². The zero-order valence-electron chi connectivity index (χ0n) is 14.6. The van der Waals surface area contributed by atoms with Gasteiger partial charge in [-0.05, 0) is 52.4 Å². The zero-order valence-corrected chi connectivity index (χ0v) is 19.1. The van der Waals surface area contributed by atoms with E-state index in [9.17, 15) is 13.2 Å². The van der Waals surface area contributed by atoms with E-state index in [1.54, 1.807) is 12.1 Å². The molecule has 2 fully saturated rings. The van der Waals surface area contributed by atoms with Crippen LogP contribution in [0.15, 0.2) is 53.5 Å². The molecule has 28 heavy (non-hydrogen) atoms. The Balaban J connectivity index is 1.66. The third-order valence-corrected chi connectivity index (χ3v) is 8.92. The molecule has 0 spiro atoms. The van der Waals surface area contributed by atoms with Gasteiger partial charge in [-0.1, -0.05) is 47.6 Å². The maximum absolute atomic E-state index is 12.6. The van der Waals surface area contributed by atoms with Crippen molar-refractivity contribution >= 4 is 72.6 Å². The number of hydrogen-bond acceptors (Lipinski definition) is 4. The third-order valence-electron chi connectivity index (χ3n) is 4.67. The summed E-state index contributed by atoms with van der Waals surface area (Å²) in [4.78, 5) is 18.9. The molecule has 2 aliphatic heterocycles. The maximum atomic E-state index is 12.6. The molecule has 1 amide bonds. The van der Waals surface area contributed by atoms with E-state index >= 15 is 0 Å². The molecule has 2 aromatic carbocycles. The van der Waals surface area contributed by atoms with Crippen LogP contribution in [0.4, 0.5) is 5.69 Å². The number of fused-ring (bicyclic) bond motifs is 1. The monoisotopic (exact) mass is 546 g/mol. The molecule has 2 aliphatic rings. The molecule has 2 saturated heterocycles. The fourth-order valence-corrected chi connectivity index (χ4v) is 8.10. The van der Waals surface area contributed by atoms with E-state index < -0.39 is 9.84 Å². The first-order chi connectivity index (χ1) is 13.3. The standard InChI is InChI=1S/C19H16ClIN2O3S2/c20-15-7-2-1-4-12(15)8-18(24)22-19-23(14-6-3-5-13(21)9-14)16-10-28(25,26)11-17(16)27-19/h1-7,9,16-17H,8,10-11H2/t16-,17-/m1/s1. The average Bonchev–Trinajstić information content (AvgIpc) is 3.07. The molecular weight excluding hydrogens is 531 g/mol. The van der Waals surface area contributed by atoms with Crippen LogP contribution >= 0.6 is 46.0 Å². The lowest BCUT2D eigenvalue weighted by atomic mass is 10.1. The lowest BCUT2D eigenvalue weighted by molar-refractivity contribution is -0.117. The van der Waals surface area contributed by atoms with Crippen LogP contribution in [-0.4, -0.2) is 42.3 Å². The molecular formula is C19H16ClIN2O3S2. The van der Waals surface area contributed by atoms with Crippen molar-refractivity contribution in [3.63, 3.8) is 0 Å². The Bertz CT molecular complexity index is 1070. The zero-order chi connectivity index (χ0) is 19.9. The highest BCUT2D eigenvalue weighted by atomic mass is 127. The number of amides is 1. The molecule has 2 aromatic rings. The van der Waals surface area contributed by atoms with Crippen molar-refractivity contribution in [3.8, 4) is 0 Å². The Kier molecular flexibility index (Phi) is 5.74. The minimum absolute atomic E-state index is 0.0772. The van der Waals surface area contributed by atoms with Crippen molar-refractivity contribution in [2.45, 2.75) is 17.7 Å². The van der Waals surface area contributed by atoms with E-state index in [1.807, 2.05) is 41.3 Å². The first-order valence-electron chi connectivity index (χ1n) is 8.59. The van der Waals surface area contributed by atoms with Gasteiger partial charge in [0.1, 0.15) is 0 Å². The van der Waals surface area contributed by atoms with Gasteiger partial charge in [0.15, 0.2) is 15.0 Å². The van der Waals surface area contributed by atoms with Crippen LogP contribution in [0, 0.1) is 3.57 Å². The maximum Gasteiger partial charge on any atom is 0.252 e. The van der Waals surface area contributed by atoms with E-state index in [-0.39, 0.29) is 35.1 Å². The van der Waals surface area contributed by atoms with Crippen LogP contribution in [0.2, 0.25) is 5.02 Å². The highest BCUT2D eigenvalue weighted by molar-refractivity contribution is 14.1. The summed E-state index contributed by atoms with van der Waals surface area (Å²) in [6.45, 7) is 0. The number of nitrogens with zero attached hydrogens (tertiary/aromatic N) is 2. The van der Waals surface area contributed by atoms with Gasteiger partial charge in [-0.3, -0.25) is 4.79 Å². The van der Waals surface area contributed by atoms with Crippen molar-refractivity contribution in [3.05, 3.63) is 62.7 Å². The summed E-state index contributed by atoms with van der Waals surface area (Å²) < 4.78 is 25.3. The summed E-state index contributed by atoms with van der Waals surface area (Å²) in [5.41, 5.74) is 1.58. The molecule has 0 aromatic heterocycles. The van der Waals surface area contributed by atoms with Gasteiger partial charge in [-0.2, -0.15) is 4.99 Å². The number of hydrogen-bond donors (Lipinski definition) is 0. The second-order valence-electron chi connectivity index (χ2n) is 6.71. The predicted octanol–water partition coefficient (Wildman–Crippen LogP) is 3.79. The lowest BCUT2D eigenvalue weighted by Crippen LogP contribution is -2.37. The van der Waals surface area contributed by atoms with Gasteiger partial charge in [-0.15, -0.1) is 0 Å². The Morgan fingerprint density at radius 1 is 1.21 bits per heavy atom. The number of sulfone groups is 1. The van der Waals surface area contributed by atoms with E-state index in [4.69, 9.17) is 11.6 Å². The molecule has 0 radical (unpaired) electrons. The quantitative estimate of drug-likeness (QED) is 0.548. The van der Waals surface area contributed by atoms with Gasteiger partial charge in [0.2, 0.25) is 0 Å². The average molecular weight is 547 g/mol. The number of halogens is 2. The van der Waals surface area contributed by atoms with Crippen LogP contribution in [0.5, 0.6) is 0 Å². The SMILES string of the molecule is O=C(Cc1ccccc1Cl)N=C1S[C@@H]2CS(=O)(=O)C[C@H]2N1c1cccc(I)c1. The molecule has 0 aliphatic carbocycles. The van der Waals surface area contributed by atoms with Crippen LogP contribution in [-0.2, 0) is 21.1 Å². The van der Waals surface area contributed by atoms with Gasteiger partial charge in [0, 0.05) is 19.5 Å². The largest absolute Gasteiger partial charge is 0.316 e. The summed E-state index contributed by atoms with van der Waals surface area (Å²) >= 11 is 9.75. The highest BCUT2D eigenvalue weighted by Gasteiger charge is 2.49. The number of rotatable bonds is 3. The van der Waals surface area contributed by atoms with Gasteiger partial charge in [0.05, 0.1) is 24.0 Å². The number of carbonyl (C=O) groups excluding carboxylic acids is 1. The van der Waals surface area contributed by atoms with Gasteiger partial charge >= 0.3 is 0 Å². The van der Waals surface area contributed by atoms with E-state index in [0.29, 0.717) is 10.2 Å². The fraction of sp³-hybridized carbons (Fsp3) is 0.263. The lowest BCUT2D eigenvalue weighted by Gasteiger charge is -2.24. The summed E-state index contributed by atoms with van der Waals surface area (Å²) in [5, 5.41) is 0.978. The number of aliphatic imine (C=N–C) groups is 1. The topological polar surface area (TPSA) is 66.8 Å². The summed E-state index contributed by atoms with van der Waals surface area (Å²) in [5.74, 6) is -0.108. The normalized spacial score (nSPS) is 24.5. The van der Waals surface area contributed by atoms with Crippen molar-refractivity contribution < 1.29 is 13.2 Å². The second-order valence-corrected chi connectivity index (χ2v) is 11.7. The van der Waals surface area contributed by atoms with Gasteiger partial charge < -0.3 is 4.90 Å². The molecule has 2 heterocycles. The molecule has 0 saturated carbocycles. The van der Waals surface area contributed by atoms with Crippen LogP contribution < -0.4 is 4.90 Å². The number of thioether (sulfide) groups is 1. The molecule has 146 valence electrons. The fourth-order valence-electron chi connectivity index (χ4n) is 3.44. The Hall–Kier alpha value is -1.10. The molecule has 5 nitrogen and oxygen atoms in total. The molecule has 4 rings (SSSR count). The first kappa shape index (κ1) is 20.2. The number of carbonyl (C=O) groups is 1. The smallest absolute Gasteiger partial charge is 0.252 e. The van der Waals surface area contributed by atoms with Crippen molar-refractivity contribution in [1.82, 2.24) is 0 Å². The molecule has 0 unspecified atom stereocenters. The minimum atomic E-state index is -3.08. The minimum Gasteiger partial charge on any atom is -0.316 e. The summed E-state index contributed by atoms with van der Waals surface area (Å²) in [6.07, 6.45) is 0.109. The summed E-state index contributed by atoms with van der Waals surface area (Å²) in [7, 11) is -3.08. The Morgan fingerprint density at radius 3 is 2.75 bits per heavy atom. The Morgan fingerprint density at radius 2 is 2.00 bits per heavy atom. The van der Waals surface area contributed by atoms with Gasteiger partial charge in [0.25, 0.3) is 5.91 Å². The third kappa shape index (κ3) is 4.24. The van der Waals surface area contributed by atoms with E-state index in [2.05, 4.69) is 27.6 Å². The predicted molar refractivity (Wildman–Crippen MR) is 123 cm³/mol. The van der Waals surface area contributed by atoms with Crippen LogP contribution in [0.25, 0.3) is 0 Å². The summed E-state index contributed by atoms with van der Waals surface area (Å²) in [6, 6.07) is 14.8. The van der Waals surface area contributed by atoms with Crippen molar-refractivity contribution in [1.29, 1.82) is 0 Å². The number of anilines is 1. The second kappa shape index (κ2) is 7.97. The van der Waals surface area contributed by atoms with Gasteiger partial charge in [-0.25, -0.2) is 8.42 Å². The number of benzene rings is 2. The van der Waals surface area contributed by atoms with Crippen molar-refractivity contribution in [2.24, 2.45) is 4.99 Å². The first-order valence-corrected chi connectivity index (χ1v) is 12.7. The van der Waals surface area contributed by atoms with Crippen LogP contribution in [0.3, 0.4) is 0 Å². The molecule has 0 N–H and O–H groups in total. The highest BCUT2D eigenvalue weighted by Crippen LogP contribution is 2.41. The molecule has 9 heteroatoms. The van der Waals surface area contributed by atoms with Crippen molar-refractivity contribution in [2.75, 3.05) is 16.4 Å². The molecule has 0 bridgehead atoms. The Labute approximate surface area is 186 Å². The van der Waals surface area contributed by atoms with Crippen LogP contribution in [0.1, 0.15) is 5.56 Å².